The summed E-state index contributed by atoms with van der Waals surface area (Å²) in [5, 5.41) is 0. The summed E-state index contributed by atoms with van der Waals surface area (Å²) in [5.41, 5.74) is 0. The summed E-state index contributed by atoms with van der Waals surface area (Å²) in [6.45, 7) is 0. The third-order valence-electron chi connectivity index (χ3n) is 1.11. The molecule has 0 amide bonds. The Kier molecular flexibility index (Phi) is 2.01. The highest BCUT2D eigenvalue weighted by atomic mass is 28.2. The van der Waals surface area contributed by atoms with Crippen molar-refractivity contribution in [2.45, 2.75) is 0 Å². The summed E-state index contributed by atoms with van der Waals surface area (Å²) in [4.78, 5) is 0. The molecule has 0 aliphatic rings. The summed E-state index contributed by atoms with van der Waals surface area (Å²) in [5.74, 6) is -1.11. The zero-order valence-electron chi connectivity index (χ0n) is 5.40. The number of rotatable bonds is 1. The molecule has 0 aliphatic heterocycles. The normalized spacial score (nSPS) is 9.80. The van der Waals surface area contributed by atoms with Crippen LogP contribution in [0.3, 0.4) is 0 Å². The van der Waals surface area contributed by atoms with Crippen LogP contribution in [-0.2, 0) is 0 Å². The lowest BCUT2D eigenvalue weighted by Gasteiger charge is -2.00. The van der Waals surface area contributed by atoms with Gasteiger partial charge in [0.2, 0.25) is 10.5 Å². The van der Waals surface area contributed by atoms with Gasteiger partial charge in [0.1, 0.15) is 11.6 Å². The highest BCUT2D eigenvalue weighted by Gasteiger charge is 2.00. The van der Waals surface area contributed by atoms with Gasteiger partial charge in [-0.2, -0.15) is 0 Å². The first-order valence-electron chi connectivity index (χ1n) is 2.73. The minimum Gasteiger partial charge on any atom is -0.551 e. The summed E-state index contributed by atoms with van der Waals surface area (Å²) in [6, 6.07) is 3.24. The molecule has 0 heterocycles. The highest BCUT2D eigenvalue weighted by Crippen LogP contribution is 2.15. The molecular weight excluding hydrogens is 154 g/mol. The largest absolute Gasteiger partial charge is 0.551 e. The molecular formula is C6H6F2OSi. The molecule has 54 valence electrons. The van der Waals surface area contributed by atoms with Gasteiger partial charge in [0, 0.05) is 6.07 Å². The van der Waals surface area contributed by atoms with E-state index in [4.69, 9.17) is 4.43 Å². The van der Waals surface area contributed by atoms with E-state index in [9.17, 15) is 8.78 Å². The minimum atomic E-state index is -0.644. The fourth-order valence-electron chi connectivity index (χ4n) is 0.641. The van der Waals surface area contributed by atoms with E-state index < -0.39 is 11.6 Å². The number of halogens is 2. The van der Waals surface area contributed by atoms with Gasteiger partial charge in [-0.25, -0.2) is 8.78 Å². The maximum absolute atomic E-state index is 12.5. The van der Waals surface area contributed by atoms with Gasteiger partial charge >= 0.3 is 0 Å². The van der Waals surface area contributed by atoms with Crippen LogP contribution >= 0.6 is 0 Å². The van der Waals surface area contributed by atoms with Crippen LogP contribution in [0, 0.1) is 11.6 Å². The smallest absolute Gasteiger partial charge is 0.204 e. The fourth-order valence-corrected chi connectivity index (χ4v) is 0.972. The van der Waals surface area contributed by atoms with Gasteiger partial charge in [-0.3, -0.25) is 0 Å². The zero-order valence-corrected chi connectivity index (χ0v) is 7.40. The lowest BCUT2D eigenvalue weighted by Crippen LogP contribution is -1.89. The molecule has 1 aromatic carbocycles. The van der Waals surface area contributed by atoms with E-state index >= 15 is 0 Å². The molecule has 0 fully saturated rings. The summed E-state index contributed by atoms with van der Waals surface area (Å²) in [7, 11) is 0.411. The van der Waals surface area contributed by atoms with E-state index in [1.165, 1.54) is 6.07 Å². The Morgan fingerprint density at radius 1 is 1.30 bits per heavy atom. The van der Waals surface area contributed by atoms with Gasteiger partial charge in [-0.15, -0.1) is 0 Å². The summed E-state index contributed by atoms with van der Waals surface area (Å²) < 4.78 is 29.4. The van der Waals surface area contributed by atoms with Crippen molar-refractivity contribution in [1.82, 2.24) is 0 Å². The van der Waals surface area contributed by atoms with Gasteiger partial charge in [0.05, 0.1) is 0 Å². The average molecular weight is 160 g/mol. The van der Waals surface area contributed by atoms with Gasteiger partial charge in [0.15, 0.2) is 5.82 Å². The SMILES string of the molecule is Fc1ccc(O[SiH3])c(F)c1. The Balaban J connectivity index is 3.07. The lowest BCUT2D eigenvalue weighted by atomic mass is 10.3. The third kappa shape index (κ3) is 1.33. The van der Waals surface area contributed by atoms with Gasteiger partial charge in [-0.1, -0.05) is 0 Å². The second-order valence-electron chi connectivity index (χ2n) is 1.78. The van der Waals surface area contributed by atoms with Crippen LogP contribution in [0.15, 0.2) is 18.2 Å². The summed E-state index contributed by atoms with van der Waals surface area (Å²) in [6.07, 6.45) is 0. The van der Waals surface area contributed by atoms with Gasteiger partial charge < -0.3 is 4.43 Å². The van der Waals surface area contributed by atoms with Crippen molar-refractivity contribution in [3.05, 3.63) is 29.8 Å². The third-order valence-corrected chi connectivity index (χ3v) is 1.55. The Morgan fingerprint density at radius 3 is 2.50 bits per heavy atom. The summed E-state index contributed by atoms with van der Waals surface area (Å²) >= 11 is 0. The van der Waals surface area contributed by atoms with E-state index in [0.29, 0.717) is 10.5 Å². The fraction of sp³-hybridized carbons (Fsp3) is 0. The molecule has 0 unspecified atom stereocenters. The van der Waals surface area contributed by atoms with E-state index in [0.717, 1.165) is 12.1 Å². The molecule has 10 heavy (non-hydrogen) atoms. The molecule has 0 saturated heterocycles. The van der Waals surface area contributed by atoms with Crippen LogP contribution in [0.1, 0.15) is 0 Å². The van der Waals surface area contributed by atoms with Crippen LogP contribution in [0.2, 0.25) is 0 Å². The molecule has 1 rings (SSSR count). The van der Waals surface area contributed by atoms with Crippen LogP contribution in [-0.4, -0.2) is 10.5 Å². The average Bonchev–Trinajstić information content (AvgIpc) is 1.88. The van der Waals surface area contributed by atoms with E-state index in [-0.39, 0.29) is 5.75 Å². The van der Waals surface area contributed by atoms with Crippen molar-refractivity contribution < 1.29 is 13.2 Å². The molecule has 0 aromatic heterocycles. The zero-order chi connectivity index (χ0) is 7.56. The minimum absolute atomic E-state index is 0.119. The van der Waals surface area contributed by atoms with E-state index in [1.54, 1.807) is 0 Å². The topological polar surface area (TPSA) is 9.23 Å². The van der Waals surface area contributed by atoms with Gasteiger partial charge in [0.25, 0.3) is 0 Å². The monoisotopic (exact) mass is 160 g/mol. The lowest BCUT2D eigenvalue weighted by molar-refractivity contribution is 0.514. The van der Waals surface area contributed by atoms with E-state index in [2.05, 4.69) is 0 Å². The van der Waals surface area contributed by atoms with Gasteiger partial charge in [-0.05, 0) is 12.1 Å². The molecule has 0 saturated carbocycles. The number of hydrogen-bond donors (Lipinski definition) is 0. The first kappa shape index (κ1) is 7.21. The molecule has 0 aliphatic carbocycles. The Labute approximate surface area is 60.2 Å². The molecule has 0 N–H and O–H groups in total. The first-order valence-corrected chi connectivity index (χ1v) is 3.54. The predicted molar refractivity (Wildman–Crippen MR) is 36.9 cm³/mol. The van der Waals surface area contributed by atoms with Crippen molar-refractivity contribution in [3.63, 3.8) is 0 Å². The maximum Gasteiger partial charge on any atom is 0.204 e. The number of hydrogen-bond acceptors (Lipinski definition) is 1. The van der Waals surface area contributed by atoms with E-state index in [1.807, 2.05) is 0 Å². The van der Waals surface area contributed by atoms with Crippen LogP contribution in [0.5, 0.6) is 5.75 Å². The molecule has 1 aromatic rings. The standard InChI is InChI=1S/C6H6F2OSi/c7-4-1-2-6(9-10)5(8)3-4/h1-3H,10H3. The Hall–Kier alpha value is -0.903. The molecule has 4 heteroatoms. The second-order valence-corrected chi connectivity index (χ2v) is 2.19. The second kappa shape index (κ2) is 2.79. The maximum atomic E-state index is 12.5. The quantitative estimate of drug-likeness (QED) is 0.547. The highest BCUT2D eigenvalue weighted by molar-refractivity contribution is 5.99. The van der Waals surface area contributed by atoms with Crippen molar-refractivity contribution in [2.75, 3.05) is 0 Å². The molecule has 0 radical (unpaired) electrons. The number of benzene rings is 1. The Morgan fingerprint density at radius 2 is 2.00 bits per heavy atom. The van der Waals surface area contributed by atoms with Crippen LogP contribution in [0.4, 0.5) is 8.78 Å². The first-order chi connectivity index (χ1) is 4.74. The predicted octanol–water partition coefficient (Wildman–Crippen LogP) is 0.624. The van der Waals surface area contributed by atoms with Crippen LogP contribution in [0.25, 0.3) is 0 Å². The van der Waals surface area contributed by atoms with Crippen molar-refractivity contribution >= 4 is 10.5 Å². The van der Waals surface area contributed by atoms with Crippen molar-refractivity contribution in [2.24, 2.45) is 0 Å². The molecule has 1 nitrogen and oxygen atoms in total. The molecule has 0 atom stereocenters. The van der Waals surface area contributed by atoms with Crippen LogP contribution < -0.4 is 4.43 Å². The van der Waals surface area contributed by atoms with Crippen molar-refractivity contribution in [3.8, 4) is 5.75 Å². The molecule has 0 spiro atoms. The van der Waals surface area contributed by atoms with Crippen molar-refractivity contribution in [1.29, 1.82) is 0 Å². The molecule has 0 bridgehead atoms. The Bertz CT molecular complexity index is 239.